The van der Waals surface area contributed by atoms with Crippen molar-refractivity contribution in [2.24, 2.45) is 0 Å². The van der Waals surface area contributed by atoms with E-state index in [0.29, 0.717) is 37.4 Å². The highest BCUT2D eigenvalue weighted by molar-refractivity contribution is 5.94. The van der Waals surface area contributed by atoms with E-state index < -0.39 is 17.2 Å². The molecule has 23 heavy (non-hydrogen) atoms. The lowest BCUT2D eigenvalue weighted by molar-refractivity contribution is 0.0333. The molecule has 6 heteroatoms. The molecule has 1 aromatic carbocycles. The molecule has 122 valence electrons. The van der Waals surface area contributed by atoms with Crippen LogP contribution in [0, 0.1) is 18.6 Å². The molecule has 0 spiro atoms. The lowest BCUT2D eigenvalue weighted by Gasteiger charge is -2.38. The van der Waals surface area contributed by atoms with Crippen molar-refractivity contribution >= 4 is 5.91 Å². The van der Waals surface area contributed by atoms with Gasteiger partial charge in [-0.25, -0.2) is 8.78 Å². The van der Waals surface area contributed by atoms with Crippen LogP contribution in [0.25, 0.3) is 0 Å². The van der Waals surface area contributed by atoms with E-state index in [-0.39, 0.29) is 11.5 Å². The first-order valence-corrected chi connectivity index (χ1v) is 7.41. The van der Waals surface area contributed by atoms with E-state index in [1.807, 2.05) is 0 Å². The molecule has 4 nitrogen and oxygen atoms in total. The Morgan fingerprint density at radius 3 is 2.57 bits per heavy atom. The zero-order chi connectivity index (χ0) is 16.4. The molecule has 0 atom stereocenters. The second kappa shape index (κ2) is 6.12. The van der Waals surface area contributed by atoms with Crippen LogP contribution in [-0.2, 0) is 10.3 Å². The molecule has 3 rings (SSSR count). The summed E-state index contributed by atoms with van der Waals surface area (Å²) in [6.45, 7) is 2.52. The van der Waals surface area contributed by atoms with Gasteiger partial charge in [-0.05, 0) is 31.9 Å². The van der Waals surface area contributed by atoms with Crippen LogP contribution in [0.5, 0.6) is 0 Å². The molecule has 1 aromatic heterocycles. The number of nitrogens with one attached hydrogen (secondary N) is 1. The van der Waals surface area contributed by atoms with E-state index in [4.69, 9.17) is 9.15 Å². The van der Waals surface area contributed by atoms with Gasteiger partial charge in [-0.15, -0.1) is 0 Å². The van der Waals surface area contributed by atoms with Crippen molar-refractivity contribution in [1.82, 2.24) is 5.32 Å². The van der Waals surface area contributed by atoms with Crippen LogP contribution in [0.2, 0.25) is 0 Å². The molecule has 0 radical (unpaired) electrons. The van der Waals surface area contributed by atoms with Crippen LogP contribution in [0.4, 0.5) is 8.78 Å². The molecule has 1 aliphatic rings. The Kier molecular flexibility index (Phi) is 4.17. The number of hydrogen-bond acceptors (Lipinski definition) is 3. The Bertz CT molecular complexity index is 720. The molecule has 0 bridgehead atoms. The first-order chi connectivity index (χ1) is 11.0. The summed E-state index contributed by atoms with van der Waals surface area (Å²) in [5, 5.41) is 2.90. The SMILES string of the molecule is Cc1cc(C(=O)NC2(c3ccc(F)cc3F)CCOCC2)co1. The number of ether oxygens (including phenoxy) is 1. The van der Waals surface area contributed by atoms with Crippen molar-refractivity contribution in [2.45, 2.75) is 25.3 Å². The first kappa shape index (κ1) is 15.7. The molecule has 1 fully saturated rings. The summed E-state index contributed by atoms with van der Waals surface area (Å²) >= 11 is 0. The minimum absolute atomic E-state index is 0.274. The Labute approximate surface area is 132 Å². The smallest absolute Gasteiger partial charge is 0.255 e. The summed E-state index contributed by atoms with van der Waals surface area (Å²) in [4.78, 5) is 12.5. The minimum atomic E-state index is -0.918. The van der Waals surface area contributed by atoms with E-state index in [0.717, 1.165) is 6.07 Å². The van der Waals surface area contributed by atoms with Gasteiger partial charge in [-0.3, -0.25) is 4.79 Å². The number of benzene rings is 1. The maximum absolute atomic E-state index is 14.3. The van der Waals surface area contributed by atoms with E-state index >= 15 is 0 Å². The summed E-state index contributed by atoms with van der Waals surface area (Å²) in [7, 11) is 0. The van der Waals surface area contributed by atoms with Gasteiger partial charge in [0.25, 0.3) is 5.91 Å². The van der Waals surface area contributed by atoms with Crippen LogP contribution < -0.4 is 5.32 Å². The van der Waals surface area contributed by atoms with Gasteiger partial charge in [0, 0.05) is 24.8 Å². The molecular weight excluding hydrogens is 304 g/mol. The average molecular weight is 321 g/mol. The molecule has 1 amide bonds. The second-order valence-corrected chi connectivity index (χ2v) is 5.72. The Balaban J connectivity index is 1.95. The molecule has 0 unspecified atom stereocenters. The fourth-order valence-corrected chi connectivity index (χ4v) is 2.91. The highest BCUT2D eigenvalue weighted by Gasteiger charge is 2.38. The maximum atomic E-state index is 14.3. The molecule has 1 N–H and O–H groups in total. The van der Waals surface area contributed by atoms with Gasteiger partial charge in [-0.2, -0.15) is 0 Å². The van der Waals surface area contributed by atoms with Crippen LogP contribution in [0.3, 0.4) is 0 Å². The number of furan rings is 1. The average Bonchev–Trinajstić information content (AvgIpc) is 2.94. The number of carbonyl (C=O) groups excluding carboxylic acids is 1. The topological polar surface area (TPSA) is 51.5 Å². The molecule has 2 aromatic rings. The molecule has 2 heterocycles. The lowest BCUT2D eigenvalue weighted by atomic mass is 9.82. The van der Waals surface area contributed by atoms with Crippen LogP contribution in [0.15, 0.2) is 34.9 Å². The third-order valence-electron chi connectivity index (χ3n) is 4.14. The predicted octanol–water partition coefficient (Wildman–Crippen LogP) is 3.30. The zero-order valence-corrected chi connectivity index (χ0v) is 12.7. The highest BCUT2D eigenvalue weighted by Crippen LogP contribution is 2.34. The number of rotatable bonds is 3. The highest BCUT2D eigenvalue weighted by atomic mass is 19.1. The van der Waals surface area contributed by atoms with Gasteiger partial charge in [0.05, 0.1) is 11.1 Å². The monoisotopic (exact) mass is 321 g/mol. The summed E-state index contributed by atoms with van der Waals surface area (Å²) < 4.78 is 38.0. The van der Waals surface area contributed by atoms with E-state index in [9.17, 15) is 13.6 Å². The van der Waals surface area contributed by atoms with Crippen LogP contribution >= 0.6 is 0 Å². The summed E-state index contributed by atoms with van der Waals surface area (Å²) in [5.74, 6) is -1.06. The Morgan fingerprint density at radius 2 is 1.96 bits per heavy atom. The van der Waals surface area contributed by atoms with Gasteiger partial charge in [0.2, 0.25) is 0 Å². The van der Waals surface area contributed by atoms with Crippen LogP contribution in [0.1, 0.15) is 34.5 Å². The molecule has 0 saturated carbocycles. The van der Waals surface area contributed by atoms with E-state index in [1.165, 1.54) is 18.4 Å². The van der Waals surface area contributed by atoms with Crippen molar-refractivity contribution in [3.63, 3.8) is 0 Å². The molecule has 1 saturated heterocycles. The van der Waals surface area contributed by atoms with Gasteiger partial charge >= 0.3 is 0 Å². The Morgan fingerprint density at radius 1 is 1.22 bits per heavy atom. The van der Waals surface area contributed by atoms with E-state index in [1.54, 1.807) is 13.0 Å². The van der Waals surface area contributed by atoms with Gasteiger partial charge in [0.15, 0.2) is 0 Å². The van der Waals surface area contributed by atoms with Crippen molar-refractivity contribution in [3.05, 3.63) is 59.1 Å². The summed E-state index contributed by atoms with van der Waals surface area (Å²) in [5.41, 5.74) is -0.273. The third-order valence-corrected chi connectivity index (χ3v) is 4.14. The standard InChI is InChI=1S/C17H17F2NO3/c1-11-8-12(10-23-11)16(21)20-17(4-6-22-7-5-17)14-3-2-13(18)9-15(14)19/h2-3,8-10H,4-7H2,1H3,(H,20,21). The first-order valence-electron chi connectivity index (χ1n) is 7.41. The molecule has 1 aliphatic heterocycles. The summed E-state index contributed by atoms with van der Waals surface area (Å²) in [6.07, 6.45) is 2.19. The van der Waals surface area contributed by atoms with Gasteiger partial charge in [0.1, 0.15) is 23.7 Å². The van der Waals surface area contributed by atoms with Gasteiger partial charge in [-0.1, -0.05) is 6.07 Å². The van der Waals surface area contributed by atoms with E-state index in [2.05, 4.69) is 5.32 Å². The Hall–Kier alpha value is -2.21. The van der Waals surface area contributed by atoms with Crippen LogP contribution in [-0.4, -0.2) is 19.1 Å². The normalized spacial score (nSPS) is 17.0. The second-order valence-electron chi connectivity index (χ2n) is 5.72. The third kappa shape index (κ3) is 3.12. The number of carbonyl (C=O) groups is 1. The lowest BCUT2D eigenvalue weighted by Crippen LogP contribution is -2.50. The summed E-state index contributed by atoms with van der Waals surface area (Å²) in [6, 6.07) is 5.03. The number of hydrogen-bond donors (Lipinski definition) is 1. The minimum Gasteiger partial charge on any atom is -0.469 e. The van der Waals surface area contributed by atoms with Gasteiger partial charge < -0.3 is 14.5 Å². The fraction of sp³-hybridized carbons (Fsp3) is 0.353. The molecule has 0 aliphatic carbocycles. The zero-order valence-electron chi connectivity index (χ0n) is 12.7. The predicted molar refractivity (Wildman–Crippen MR) is 79.0 cm³/mol. The maximum Gasteiger partial charge on any atom is 0.255 e. The van der Waals surface area contributed by atoms with Crippen molar-refractivity contribution in [2.75, 3.05) is 13.2 Å². The number of halogens is 2. The quantitative estimate of drug-likeness (QED) is 0.944. The molecular formula is C17H17F2NO3. The van der Waals surface area contributed by atoms with Crippen molar-refractivity contribution in [1.29, 1.82) is 0 Å². The largest absolute Gasteiger partial charge is 0.469 e. The fourth-order valence-electron chi connectivity index (χ4n) is 2.91. The number of aryl methyl sites for hydroxylation is 1. The van der Waals surface area contributed by atoms with Crippen molar-refractivity contribution < 1.29 is 22.7 Å². The van der Waals surface area contributed by atoms with Crippen molar-refractivity contribution in [3.8, 4) is 0 Å². The number of amides is 1.